The third-order valence-corrected chi connectivity index (χ3v) is 3.51. The van der Waals surface area contributed by atoms with Crippen LogP contribution in [0.5, 0.6) is 0 Å². The lowest BCUT2D eigenvalue weighted by Gasteiger charge is -2.12. The Morgan fingerprint density at radius 2 is 1.96 bits per heavy atom. The van der Waals surface area contributed by atoms with Crippen molar-refractivity contribution >= 4 is 23.6 Å². The first-order valence-corrected chi connectivity index (χ1v) is 7.04. The zero-order valence-electron chi connectivity index (χ0n) is 12.5. The maximum atomic E-state index is 12.8. The summed E-state index contributed by atoms with van der Waals surface area (Å²) in [6.07, 6.45) is -3.80. The molecule has 0 fully saturated rings. The molecule has 132 valence electrons. The van der Waals surface area contributed by atoms with E-state index in [9.17, 15) is 27.6 Å². The average molecular weight is 375 g/mol. The van der Waals surface area contributed by atoms with Crippen LogP contribution in [0.4, 0.5) is 13.2 Å². The standard InChI is InChI=1S/C15H10ClF3N2O4/c1-7-11(15(17,18)19)20-14(25)21(12(7)22)9-4-2-3-8(5-9)6-10(16)13(23)24/h2-6H,1H3,(H,20,25)(H,23,24). The van der Waals surface area contributed by atoms with Crippen molar-refractivity contribution in [1.29, 1.82) is 0 Å². The molecule has 0 bridgehead atoms. The highest BCUT2D eigenvalue weighted by Crippen LogP contribution is 2.28. The summed E-state index contributed by atoms with van der Waals surface area (Å²) in [5.74, 6) is -1.38. The second-order valence-electron chi connectivity index (χ2n) is 4.96. The molecule has 2 rings (SSSR count). The van der Waals surface area contributed by atoms with E-state index in [1.165, 1.54) is 24.3 Å². The maximum Gasteiger partial charge on any atom is 0.431 e. The van der Waals surface area contributed by atoms with Crippen LogP contribution in [0, 0.1) is 6.92 Å². The van der Waals surface area contributed by atoms with Gasteiger partial charge < -0.3 is 10.1 Å². The van der Waals surface area contributed by atoms with Gasteiger partial charge in [-0.15, -0.1) is 0 Å². The molecule has 25 heavy (non-hydrogen) atoms. The molecular formula is C15H10ClF3N2O4. The minimum absolute atomic E-state index is 0.0355. The number of carboxylic acids is 1. The van der Waals surface area contributed by atoms with Gasteiger partial charge in [-0.25, -0.2) is 14.2 Å². The van der Waals surface area contributed by atoms with Gasteiger partial charge in [0.25, 0.3) is 5.56 Å². The van der Waals surface area contributed by atoms with Crippen LogP contribution in [0.3, 0.4) is 0 Å². The van der Waals surface area contributed by atoms with Crippen LogP contribution in [-0.4, -0.2) is 20.6 Å². The predicted octanol–water partition coefficient (Wildman–Crippen LogP) is 2.52. The number of nitrogens with zero attached hydrogens (tertiary/aromatic N) is 1. The first kappa shape index (κ1) is 18.5. The molecule has 0 amide bonds. The van der Waals surface area contributed by atoms with Crippen LogP contribution in [-0.2, 0) is 11.0 Å². The van der Waals surface area contributed by atoms with Crippen LogP contribution < -0.4 is 11.2 Å². The number of carbonyl (C=O) groups is 1. The van der Waals surface area contributed by atoms with Crippen molar-refractivity contribution in [2.45, 2.75) is 13.1 Å². The van der Waals surface area contributed by atoms with E-state index in [1.807, 2.05) is 0 Å². The summed E-state index contributed by atoms with van der Waals surface area (Å²) >= 11 is 5.51. The minimum atomic E-state index is -4.87. The first-order valence-electron chi connectivity index (χ1n) is 6.66. The van der Waals surface area contributed by atoms with E-state index in [4.69, 9.17) is 16.7 Å². The van der Waals surface area contributed by atoms with Gasteiger partial charge in [-0.2, -0.15) is 13.2 Å². The Morgan fingerprint density at radius 1 is 1.32 bits per heavy atom. The van der Waals surface area contributed by atoms with Gasteiger partial charge in [0.15, 0.2) is 0 Å². The molecule has 0 aliphatic heterocycles. The molecule has 2 aromatic rings. The molecule has 10 heteroatoms. The fourth-order valence-electron chi connectivity index (χ4n) is 2.10. The molecule has 0 radical (unpaired) electrons. The number of H-pyrrole nitrogens is 1. The van der Waals surface area contributed by atoms with Crippen molar-refractivity contribution < 1.29 is 23.1 Å². The van der Waals surface area contributed by atoms with Gasteiger partial charge >= 0.3 is 17.8 Å². The fraction of sp³-hybridized carbons (Fsp3) is 0.133. The van der Waals surface area contributed by atoms with Crippen LogP contribution in [0.1, 0.15) is 16.8 Å². The van der Waals surface area contributed by atoms with Crippen LogP contribution in [0.2, 0.25) is 0 Å². The number of halogens is 4. The van der Waals surface area contributed by atoms with Crippen LogP contribution in [0.15, 0.2) is 38.9 Å². The number of benzene rings is 1. The summed E-state index contributed by atoms with van der Waals surface area (Å²) in [4.78, 5) is 36.6. The zero-order chi connectivity index (χ0) is 18.9. The SMILES string of the molecule is Cc1c(C(F)(F)F)[nH]c(=O)n(-c2cccc(C=C(Cl)C(=O)O)c2)c1=O. The lowest BCUT2D eigenvalue weighted by Crippen LogP contribution is -2.38. The number of aromatic amines is 1. The maximum absolute atomic E-state index is 12.8. The first-order chi connectivity index (χ1) is 11.5. The van der Waals surface area contributed by atoms with Gasteiger partial charge in [-0.1, -0.05) is 23.7 Å². The Hall–Kier alpha value is -2.81. The molecule has 0 atom stereocenters. The largest absolute Gasteiger partial charge is 0.477 e. The summed E-state index contributed by atoms with van der Waals surface area (Å²) in [7, 11) is 0. The fourth-order valence-corrected chi connectivity index (χ4v) is 2.23. The Labute approximate surface area is 142 Å². The number of aliphatic carboxylic acids is 1. The third kappa shape index (κ3) is 3.82. The Bertz CT molecular complexity index is 989. The predicted molar refractivity (Wildman–Crippen MR) is 83.9 cm³/mol. The van der Waals surface area contributed by atoms with Gasteiger partial charge in [-0.05, 0) is 30.7 Å². The van der Waals surface area contributed by atoms with Crippen LogP contribution in [0.25, 0.3) is 11.8 Å². The lowest BCUT2D eigenvalue weighted by atomic mass is 10.1. The summed E-state index contributed by atoms with van der Waals surface area (Å²) in [6, 6.07) is 5.40. The van der Waals surface area contributed by atoms with Crippen molar-refractivity contribution in [3.63, 3.8) is 0 Å². The van der Waals surface area contributed by atoms with Crippen molar-refractivity contribution in [2.24, 2.45) is 0 Å². The molecular weight excluding hydrogens is 365 g/mol. The summed E-state index contributed by atoms with van der Waals surface area (Å²) in [5.41, 5.74) is -4.28. The van der Waals surface area contributed by atoms with Gasteiger partial charge in [0, 0.05) is 5.56 Å². The zero-order valence-corrected chi connectivity index (χ0v) is 13.3. The van der Waals surface area contributed by atoms with Crippen molar-refractivity contribution in [1.82, 2.24) is 9.55 Å². The van der Waals surface area contributed by atoms with Crippen molar-refractivity contribution in [3.8, 4) is 5.69 Å². The average Bonchev–Trinajstić information content (AvgIpc) is 2.50. The monoisotopic (exact) mass is 374 g/mol. The third-order valence-electron chi connectivity index (χ3n) is 3.24. The molecule has 0 unspecified atom stereocenters. The molecule has 1 heterocycles. The lowest BCUT2D eigenvalue weighted by molar-refractivity contribution is -0.142. The highest BCUT2D eigenvalue weighted by atomic mass is 35.5. The van der Waals surface area contributed by atoms with E-state index in [0.717, 1.165) is 13.0 Å². The molecule has 6 nitrogen and oxygen atoms in total. The van der Waals surface area contributed by atoms with Crippen molar-refractivity contribution in [3.05, 3.63) is 67.0 Å². The number of alkyl halides is 3. The number of hydrogen-bond acceptors (Lipinski definition) is 3. The van der Waals surface area contributed by atoms with E-state index >= 15 is 0 Å². The highest BCUT2D eigenvalue weighted by Gasteiger charge is 2.35. The molecule has 0 saturated heterocycles. The summed E-state index contributed by atoms with van der Waals surface area (Å²) < 4.78 is 39.0. The van der Waals surface area contributed by atoms with E-state index in [-0.39, 0.29) is 11.3 Å². The van der Waals surface area contributed by atoms with Gasteiger partial charge in [-0.3, -0.25) is 4.79 Å². The Kier molecular flexibility index (Phi) is 4.89. The minimum Gasteiger partial charge on any atom is -0.477 e. The number of nitrogens with one attached hydrogen (secondary N) is 1. The normalized spacial score (nSPS) is 12.3. The molecule has 0 aliphatic rings. The number of aromatic nitrogens is 2. The Morgan fingerprint density at radius 3 is 2.52 bits per heavy atom. The topological polar surface area (TPSA) is 92.2 Å². The summed E-state index contributed by atoms with van der Waals surface area (Å²) in [5, 5.41) is 8.23. The summed E-state index contributed by atoms with van der Waals surface area (Å²) in [6.45, 7) is 0.947. The van der Waals surface area contributed by atoms with Crippen LogP contribution >= 0.6 is 11.6 Å². The second kappa shape index (κ2) is 6.60. The molecule has 0 spiro atoms. The smallest absolute Gasteiger partial charge is 0.431 e. The number of hydrogen-bond donors (Lipinski definition) is 2. The van der Waals surface area contributed by atoms with E-state index in [0.29, 0.717) is 4.57 Å². The molecule has 2 N–H and O–H groups in total. The second-order valence-corrected chi connectivity index (χ2v) is 5.37. The molecule has 1 aromatic heterocycles. The van der Waals surface area contributed by atoms with E-state index < -0.39 is 39.7 Å². The van der Waals surface area contributed by atoms with E-state index in [1.54, 1.807) is 4.98 Å². The number of carboxylic acid groups (broad SMARTS) is 1. The highest BCUT2D eigenvalue weighted by molar-refractivity contribution is 6.42. The quantitative estimate of drug-likeness (QED) is 0.807. The molecule has 0 saturated carbocycles. The van der Waals surface area contributed by atoms with Gasteiger partial charge in [0.05, 0.1) is 5.69 Å². The number of rotatable bonds is 3. The van der Waals surface area contributed by atoms with E-state index in [2.05, 4.69) is 0 Å². The molecule has 1 aromatic carbocycles. The van der Waals surface area contributed by atoms with Gasteiger partial charge in [0.1, 0.15) is 10.7 Å². The molecule has 0 aliphatic carbocycles. The van der Waals surface area contributed by atoms with Crippen molar-refractivity contribution in [2.75, 3.05) is 0 Å². The van der Waals surface area contributed by atoms with Gasteiger partial charge in [0.2, 0.25) is 0 Å². The Balaban J connectivity index is 2.67.